The van der Waals surface area contributed by atoms with Crippen molar-refractivity contribution in [2.45, 2.75) is 30.9 Å². The van der Waals surface area contributed by atoms with Gasteiger partial charge in [0, 0.05) is 12.8 Å². The summed E-state index contributed by atoms with van der Waals surface area (Å²) in [6.07, 6.45) is 3.01. The molecule has 6 nitrogen and oxygen atoms in total. The van der Waals surface area contributed by atoms with Gasteiger partial charge in [-0.1, -0.05) is 12.1 Å². The Labute approximate surface area is 101 Å². The molecule has 1 aromatic rings. The van der Waals surface area contributed by atoms with E-state index in [9.17, 15) is 8.42 Å². The van der Waals surface area contributed by atoms with Gasteiger partial charge in [-0.25, -0.2) is 8.42 Å². The Morgan fingerprint density at radius 1 is 1.53 bits per heavy atom. The summed E-state index contributed by atoms with van der Waals surface area (Å²) in [4.78, 5) is 4.22. The minimum atomic E-state index is -3.11. The molecular weight excluding hydrogens is 242 g/mol. The Kier molecular flexibility index (Phi) is 3.22. The first-order valence-corrected chi connectivity index (χ1v) is 7.73. The molecule has 0 aromatic carbocycles. The highest BCUT2D eigenvalue weighted by atomic mass is 32.2. The second-order valence-corrected chi connectivity index (χ2v) is 6.79. The summed E-state index contributed by atoms with van der Waals surface area (Å²) in [5, 5.41) is 7.02. The van der Waals surface area contributed by atoms with Crippen LogP contribution in [0.3, 0.4) is 0 Å². The normalized spacial score (nSPS) is 25.3. The average molecular weight is 259 g/mol. The molecule has 2 heterocycles. The molecule has 1 unspecified atom stereocenters. The number of hydrogen-bond donors (Lipinski definition) is 1. The van der Waals surface area contributed by atoms with E-state index in [0.29, 0.717) is 5.89 Å². The monoisotopic (exact) mass is 259 g/mol. The summed E-state index contributed by atoms with van der Waals surface area (Å²) in [7, 11) is -3.11. The van der Waals surface area contributed by atoms with Crippen LogP contribution in [0.2, 0.25) is 0 Å². The van der Waals surface area contributed by atoms with Crippen LogP contribution in [0.5, 0.6) is 0 Å². The zero-order valence-corrected chi connectivity index (χ0v) is 10.9. The fourth-order valence-electron chi connectivity index (χ4n) is 2.14. The predicted molar refractivity (Wildman–Crippen MR) is 62.3 cm³/mol. The highest BCUT2D eigenvalue weighted by molar-refractivity contribution is 7.89. The van der Waals surface area contributed by atoms with Gasteiger partial charge in [0.05, 0.1) is 5.41 Å². The van der Waals surface area contributed by atoms with Crippen LogP contribution in [0.25, 0.3) is 0 Å². The van der Waals surface area contributed by atoms with Gasteiger partial charge in [0.2, 0.25) is 5.89 Å². The van der Waals surface area contributed by atoms with E-state index in [0.717, 1.165) is 32.2 Å². The first-order chi connectivity index (χ1) is 7.95. The second-order valence-electron chi connectivity index (χ2n) is 4.65. The highest BCUT2D eigenvalue weighted by Gasteiger charge is 2.39. The quantitative estimate of drug-likeness (QED) is 0.834. The van der Waals surface area contributed by atoms with E-state index >= 15 is 0 Å². The number of aromatic nitrogens is 2. The molecule has 7 heteroatoms. The maximum Gasteiger partial charge on any atom is 0.234 e. The van der Waals surface area contributed by atoms with Gasteiger partial charge in [0.1, 0.15) is 5.75 Å². The lowest BCUT2D eigenvalue weighted by Crippen LogP contribution is -2.28. The molecule has 0 radical (unpaired) electrons. The van der Waals surface area contributed by atoms with E-state index in [1.165, 1.54) is 0 Å². The van der Waals surface area contributed by atoms with Gasteiger partial charge in [-0.05, 0) is 19.4 Å². The molecule has 1 N–H and O–H groups in total. The maximum atomic E-state index is 11.1. The fourth-order valence-corrected chi connectivity index (χ4v) is 2.73. The van der Waals surface area contributed by atoms with Gasteiger partial charge in [-0.3, -0.25) is 0 Å². The number of nitrogens with one attached hydrogen (secondary N) is 1. The third kappa shape index (κ3) is 2.66. The molecule has 0 bridgehead atoms. The van der Waals surface area contributed by atoms with Gasteiger partial charge >= 0.3 is 0 Å². The van der Waals surface area contributed by atoms with Crippen molar-refractivity contribution in [3.63, 3.8) is 0 Å². The summed E-state index contributed by atoms with van der Waals surface area (Å²) < 4.78 is 27.5. The van der Waals surface area contributed by atoms with Gasteiger partial charge < -0.3 is 9.84 Å². The second kappa shape index (κ2) is 4.38. The molecular formula is C10H17N3O3S. The van der Waals surface area contributed by atoms with Crippen molar-refractivity contribution in [3.8, 4) is 0 Å². The predicted octanol–water partition coefficient (Wildman–Crippen LogP) is 0.255. The average Bonchev–Trinajstić information content (AvgIpc) is 2.83. The first-order valence-electron chi connectivity index (χ1n) is 5.67. The van der Waals surface area contributed by atoms with Crippen LogP contribution >= 0.6 is 0 Å². The minimum Gasteiger partial charge on any atom is -0.339 e. The van der Waals surface area contributed by atoms with E-state index in [2.05, 4.69) is 22.4 Å². The number of nitrogens with zero attached hydrogens (tertiary/aromatic N) is 2. The SMILES string of the molecule is CCC1(c2nc(CS(C)(=O)=O)no2)CCNC1. The minimum absolute atomic E-state index is 0.122. The zero-order valence-electron chi connectivity index (χ0n) is 10.1. The Hall–Kier alpha value is -0.950. The number of rotatable bonds is 4. The molecule has 1 aromatic heterocycles. The van der Waals surface area contributed by atoms with Crippen molar-refractivity contribution in [3.05, 3.63) is 11.7 Å². The Morgan fingerprint density at radius 2 is 2.29 bits per heavy atom. The van der Waals surface area contributed by atoms with Gasteiger partial charge in [-0.2, -0.15) is 4.98 Å². The molecule has 2 rings (SSSR count). The third-order valence-corrected chi connectivity index (χ3v) is 4.02. The molecule has 1 fully saturated rings. The summed E-state index contributed by atoms with van der Waals surface area (Å²) in [5.41, 5.74) is -0.122. The standard InChI is InChI=1S/C10H17N3O3S/c1-3-10(4-5-11-7-10)9-12-8(13-16-9)6-17(2,14)15/h11H,3-7H2,1-2H3. The first kappa shape index (κ1) is 12.5. The van der Waals surface area contributed by atoms with E-state index in [4.69, 9.17) is 4.52 Å². The highest BCUT2D eigenvalue weighted by Crippen LogP contribution is 2.32. The molecule has 1 atom stereocenters. The molecule has 0 amide bonds. The molecule has 17 heavy (non-hydrogen) atoms. The molecule has 1 aliphatic heterocycles. The molecule has 0 spiro atoms. The van der Waals surface area contributed by atoms with Crippen LogP contribution < -0.4 is 5.32 Å². The van der Waals surface area contributed by atoms with E-state index < -0.39 is 9.84 Å². The Morgan fingerprint density at radius 3 is 2.82 bits per heavy atom. The fraction of sp³-hybridized carbons (Fsp3) is 0.800. The molecule has 1 saturated heterocycles. The lowest BCUT2D eigenvalue weighted by atomic mass is 9.84. The maximum absolute atomic E-state index is 11.1. The topological polar surface area (TPSA) is 85.1 Å². The lowest BCUT2D eigenvalue weighted by Gasteiger charge is -2.20. The van der Waals surface area contributed by atoms with Crippen LogP contribution in [0.15, 0.2) is 4.52 Å². The zero-order chi connectivity index (χ0) is 12.5. The van der Waals surface area contributed by atoms with Crippen molar-refractivity contribution in [2.75, 3.05) is 19.3 Å². The summed E-state index contributed by atoms with van der Waals surface area (Å²) in [5.74, 6) is 0.648. The van der Waals surface area contributed by atoms with Crippen molar-refractivity contribution >= 4 is 9.84 Å². The summed E-state index contributed by atoms with van der Waals surface area (Å²) >= 11 is 0. The van der Waals surface area contributed by atoms with Crippen LogP contribution in [0.4, 0.5) is 0 Å². The molecule has 96 valence electrons. The van der Waals surface area contributed by atoms with E-state index in [1.807, 2.05) is 0 Å². The van der Waals surface area contributed by atoms with Gasteiger partial charge in [0.25, 0.3) is 0 Å². The van der Waals surface area contributed by atoms with Crippen molar-refractivity contribution < 1.29 is 12.9 Å². The lowest BCUT2D eigenvalue weighted by molar-refractivity contribution is 0.284. The summed E-state index contributed by atoms with van der Waals surface area (Å²) in [6, 6.07) is 0. The van der Waals surface area contributed by atoms with Crippen LogP contribution in [-0.2, 0) is 21.0 Å². The molecule has 0 saturated carbocycles. The van der Waals surface area contributed by atoms with E-state index in [-0.39, 0.29) is 17.0 Å². The Balaban J connectivity index is 2.23. The smallest absolute Gasteiger partial charge is 0.234 e. The van der Waals surface area contributed by atoms with Gasteiger partial charge in [0.15, 0.2) is 15.7 Å². The third-order valence-electron chi connectivity index (χ3n) is 3.23. The molecule has 1 aliphatic rings. The molecule has 0 aliphatic carbocycles. The van der Waals surface area contributed by atoms with Crippen molar-refractivity contribution in [1.29, 1.82) is 0 Å². The van der Waals surface area contributed by atoms with Gasteiger partial charge in [-0.15, -0.1) is 0 Å². The number of sulfone groups is 1. The van der Waals surface area contributed by atoms with Crippen LogP contribution in [0, 0.1) is 0 Å². The largest absolute Gasteiger partial charge is 0.339 e. The summed E-state index contributed by atoms with van der Waals surface area (Å²) in [6.45, 7) is 3.81. The van der Waals surface area contributed by atoms with Crippen molar-refractivity contribution in [1.82, 2.24) is 15.5 Å². The van der Waals surface area contributed by atoms with Crippen LogP contribution in [0.1, 0.15) is 31.5 Å². The van der Waals surface area contributed by atoms with E-state index in [1.54, 1.807) is 0 Å². The number of hydrogen-bond acceptors (Lipinski definition) is 6. The van der Waals surface area contributed by atoms with Crippen LogP contribution in [-0.4, -0.2) is 37.9 Å². The van der Waals surface area contributed by atoms with Crippen molar-refractivity contribution in [2.24, 2.45) is 0 Å². The Bertz CT molecular complexity index is 489.